The predicted molar refractivity (Wildman–Crippen MR) is 177 cm³/mol. The van der Waals surface area contributed by atoms with E-state index in [9.17, 15) is 19.5 Å². The zero-order chi connectivity index (χ0) is 31.6. The van der Waals surface area contributed by atoms with Crippen molar-refractivity contribution in [3.63, 3.8) is 0 Å². The SMILES string of the molecule is C=CCN(C(=O)C1N(CCO)C(=O)[C@@H]2[C@@H](C(=O)N(CC=C)c3ccc(OCC)cc3)[C@@H]3SC12CC3Br)c1ccc(OC)cc1. The molecule has 3 unspecified atom stereocenters. The summed E-state index contributed by atoms with van der Waals surface area (Å²) in [5.41, 5.74) is 1.31. The Labute approximate surface area is 271 Å². The van der Waals surface area contributed by atoms with Crippen LogP contribution < -0.4 is 19.3 Å². The maximum absolute atomic E-state index is 14.6. The lowest BCUT2D eigenvalue weighted by atomic mass is 9.70. The van der Waals surface area contributed by atoms with Gasteiger partial charge in [0.1, 0.15) is 17.5 Å². The number of anilines is 2. The minimum atomic E-state index is -0.875. The van der Waals surface area contributed by atoms with Crippen LogP contribution in [0.5, 0.6) is 11.5 Å². The van der Waals surface area contributed by atoms with E-state index in [0.29, 0.717) is 35.9 Å². The Bertz CT molecular complexity index is 1410. The van der Waals surface area contributed by atoms with Gasteiger partial charge in [-0.2, -0.15) is 0 Å². The summed E-state index contributed by atoms with van der Waals surface area (Å²) in [6, 6.07) is 13.6. The van der Waals surface area contributed by atoms with Crippen molar-refractivity contribution in [2.75, 3.05) is 49.8 Å². The molecule has 6 atom stereocenters. The minimum Gasteiger partial charge on any atom is -0.497 e. The Balaban J connectivity index is 1.54. The molecule has 3 amide bonds. The maximum Gasteiger partial charge on any atom is 0.251 e. The van der Waals surface area contributed by atoms with Gasteiger partial charge in [0.15, 0.2) is 0 Å². The topological polar surface area (TPSA) is 99.6 Å². The number of halogens is 1. The Morgan fingerprint density at radius 3 is 2.14 bits per heavy atom. The number of methoxy groups -OCH3 is 1. The molecule has 1 N–H and O–H groups in total. The van der Waals surface area contributed by atoms with E-state index in [2.05, 4.69) is 29.1 Å². The molecule has 11 heteroatoms. The van der Waals surface area contributed by atoms with Crippen LogP contribution in [0.1, 0.15) is 13.3 Å². The lowest BCUT2D eigenvalue weighted by Crippen LogP contribution is -2.56. The fourth-order valence-corrected chi connectivity index (χ4v) is 10.5. The van der Waals surface area contributed by atoms with Crippen molar-refractivity contribution in [3.8, 4) is 11.5 Å². The number of carbonyl (C=O) groups excluding carboxylic acids is 3. The van der Waals surface area contributed by atoms with Gasteiger partial charge in [-0.3, -0.25) is 14.4 Å². The number of aliphatic hydroxyl groups excluding tert-OH is 1. The number of ether oxygens (including phenoxy) is 2. The Hall–Kier alpha value is -3.28. The summed E-state index contributed by atoms with van der Waals surface area (Å²) in [4.78, 5) is 48.1. The van der Waals surface area contributed by atoms with Gasteiger partial charge in [0.05, 0.1) is 36.9 Å². The zero-order valence-corrected chi connectivity index (χ0v) is 27.3. The van der Waals surface area contributed by atoms with Crippen LogP contribution in [-0.4, -0.2) is 88.6 Å². The average Bonchev–Trinajstić information content (AvgIpc) is 3.62. The summed E-state index contributed by atoms with van der Waals surface area (Å²) in [7, 11) is 1.58. The molecule has 5 rings (SSSR count). The first-order chi connectivity index (χ1) is 21.3. The van der Waals surface area contributed by atoms with Gasteiger partial charge in [-0.15, -0.1) is 24.9 Å². The van der Waals surface area contributed by atoms with Gasteiger partial charge in [0.2, 0.25) is 11.8 Å². The number of β-amino-alcohol motifs (C(OH)–C–C–N with tert-alkyl or cyclic N) is 1. The van der Waals surface area contributed by atoms with Crippen LogP contribution in [0.4, 0.5) is 11.4 Å². The van der Waals surface area contributed by atoms with Crippen LogP contribution in [-0.2, 0) is 14.4 Å². The first kappa shape index (κ1) is 32.1. The van der Waals surface area contributed by atoms with Crippen molar-refractivity contribution in [1.82, 2.24) is 4.90 Å². The van der Waals surface area contributed by atoms with Crippen LogP contribution in [0.3, 0.4) is 0 Å². The highest BCUT2D eigenvalue weighted by Gasteiger charge is 2.76. The normalized spacial score (nSPS) is 26.7. The fourth-order valence-electron chi connectivity index (χ4n) is 6.92. The number of likely N-dealkylation sites (tertiary alicyclic amines) is 1. The Morgan fingerprint density at radius 2 is 1.61 bits per heavy atom. The molecule has 3 heterocycles. The van der Waals surface area contributed by atoms with Crippen LogP contribution in [0.25, 0.3) is 0 Å². The highest BCUT2D eigenvalue weighted by atomic mass is 79.9. The molecule has 3 aliphatic rings. The molecule has 44 heavy (non-hydrogen) atoms. The number of aliphatic hydroxyl groups is 1. The Morgan fingerprint density at radius 1 is 1.05 bits per heavy atom. The van der Waals surface area contributed by atoms with Crippen molar-refractivity contribution < 1.29 is 29.0 Å². The highest BCUT2D eigenvalue weighted by Crippen LogP contribution is 2.68. The average molecular weight is 685 g/mol. The highest BCUT2D eigenvalue weighted by molar-refractivity contribution is 9.09. The second-order valence-electron chi connectivity index (χ2n) is 11.0. The standard InChI is InChI=1S/C33H38BrN3O6S/c1-5-16-35(21-10-14-24(15-11-21)43-7-3)30(39)26-27-31(40)37(18-19-38)29(33(27)20-25(34)28(26)44-33)32(41)36(17-6-2)22-8-12-23(42-4)13-9-22/h5-6,8-15,25-29,38H,1-2,7,16-20H2,3-4H3/t25?,26-,27+,28-,29?,33?/m1/s1. The monoisotopic (exact) mass is 683 g/mol. The van der Waals surface area contributed by atoms with Crippen LogP contribution >= 0.6 is 27.7 Å². The van der Waals surface area contributed by atoms with Crippen molar-refractivity contribution in [3.05, 3.63) is 73.8 Å². The summed E-state index contributed by atoms with van der Waals surface area (Å²) in [5.74, 6) is -0.781. The lowest BCUT2D eigenvalue weighted by molar-refractivity contribution is -0.139. The molecule has 0 aliphatic carbocycles. The van der Waals surface area contributed by atoms with E-state index in [4.69, 9.17) is 9.47 Å². The molecule has 0 saturated carbocycles. The smallest absolute Gasteiger partial charge is 0.251 e. The number of hydrogen-bond acceptors (Lipinski definition) is 7. The van der Waals surface area contributed by atoms with Gasteiger partial charge in [-0.05, 0) is 61.9 Å². The van der Waals surface area contributed by atoms with E-state index in [1.54, 1.807) is 65.1 Å². The number of alkyl halides is 1. The third kappa shape index (κ3) is 5.43. The van der Waals surface area contributed by atoms with E-state index < -0.39 is 22.6 Å². The van der Waals surface area contributed by atoms with E-state index in [-0.39, 0.29) is 54.0 Å². The summed E-state index contributed by atoms with van der Waals surface area (Å²) >= 11 is 5.39. The molecule has 9 nitrogen and oxygen atoms in total. The number of fused-ring (bicyclic) bond motifs is 1. The number of carbonyl (C=O) groups is 3. The van der Waals surface area contributed by atoms with Gasteiger partial charge in [0, 0.05) is 41.1 Å². The third-order valence-corrected chi connectivity index (χ3v) is 11.9. The van der Waals surface area contributed by atoms with Crippen LogP contribution in [0.15, 0.2) is 73.8 Å². The van der Waals surface area contributed by atoms with Gasteiger partial charge in [-0.25, -0.2) is 0 Å². The predicted octanol–water partition coefficient (Wildman–Crippen LogP) is 4.29. The third-order valence-electron chi connectivity index (χ3n) is 8.65. The second kappa shape index (κ2) is 13.4. The molecule has 0 aromatic heterocycles. The van der Waals surface area contributed by atoms with Crippen molar-refractivity contribution in [2.24, 2.45) is 11.8 Å². The van der Waals surface area contributed by atoms with Gasteiger partial charge >= 0.3 is 0 Å². The molecular formula is C33H38BrN3O6S. The summed E-state index contributed by atoms with van der Waals surface area (Å²) < 4.78 is 10.0. The van der Waals surface area contributed by atoms with Crippen molar-refractivity contribution in [1.29, 1.82) is 0 Å². The van der Waals surface area contributed by atoms with Crippen LogP contribution in [0.2, 0.25) is 0 Å². The molecule has 2 aromatic rings. The van der Waals surface area contributed by atoms with E-state index >= 15 is 0 Å². The minimum absolute atomic E-state index is 0.00756. The number of thioether (sulfide) groups is 1. The molecule has 3 saturated heterocycles. The van der Waals surface area contributed by atoms with Crippen molar-refractivity contribution >= 4 is 56.8 Å². The fraction of sp³-hybridized carbons (Fsp3) is 0.424. The van der Waals surface area contributed by atoms with Crippen LogP contribution in [0, 0.1) is 11.8 Å². The molecule has 1 spiro atoms. The quantitative estimate of drug-likeness (QED) is 0.249. The number of hydrogen-bond donors (Lipinski definition) is 1. The molecule has 2 aromatic carbocycles. The summed E-state index contributed by atoms with van der Waals surface area (Å²) in [5, 5.41) is 9.81. The molecule has 3 fully saturated rings. The molecule has 234 valence electrons. The second-order valence-corrected chi connectivity index (χ2v) is 13.7. The van der Waals surface area contributed by atoms with Gasteiger partial charge < -0.3 is 29.3 Å². The first-order valence-electron chi connectivity index (χ1n) is 14.7. The van der Waals surface area contributed by atoms with E-state index in [1.165, 1.54) is 4.90 Å². The first-order valence-corrected chi connectivity index (χ1v) is 16.5. The number of benzene rings is 2. The van der Waals surface area contributed by atoms with E-state index in [1.807, 2.05) is 31.2 Å². The molecule has 2 bridgehead atoms. The van der Waals surface area contributed by atoms with Crippen molar-refractivity contribution in [2.45, 2.75) is 34.2 Å². The van der Waals surface area contributed by atoms with Gasteiger partial charge in [0.25, 0.3) is 5.91 Å². The Kier molecular flexibility index (Phi) is 9.77. The number of rotatable bonds is 13. The number of nitrogens with zero attached hydrogens (tertiary/aromatic N) is 3. The van der Waals surface area contributed by atoms with E-state index in [0.717, 1.165) is 0 Å². The zero-order valence-electron chi connectivity index (χ0n) is 24.9. The molecular weight excluding hydrogens is 646 g/mol. The van der Waals surface area contributed by atoms with Gasteiger partial charge in [-0.1, -0.05) is 28.1 Å². The summed E-state index contributed by atoms with van der Waals surface area (Å²) in [6.07, 6.45) is 3.85. The largest absolute Gasteiger partial charge is 0.497 e. The summed E-state index contributed by atoms with van der Waals surface area (Å²) in [6.45, 7) is 10.3. The maximum atomic E-state index is 14.6. The molecule has 3 aliphatic heterocycles. The lowest BCUT2D eigenvalue weighted by Gasteiger charge is -2.38. The number of amides is 3. The molecule has 0 radical (unpaired) electrons.